The first kappa shape index (κ1) is 10.7. The van der Waals surface area contributed by atoms with E-state index in [1.807, 2.05) is 0 Å². The van der Waals surface area contributed by atoms with E-state index in [9.17, 15) is 4.79 Å². The Bertz CT molecular complexity index is 218. The SMILES string of the molecule is C=CC(C)(C=C)OC(=O)C(=C)C. The molecule has 66 valence electrons. The summed E-state index contributed by atoms with van der Waals surface area (Å²) in [5.41, 5.74) is -0.430. The lowest BCUT2D eigenvalue weighted by molar-refractivity contribution is -0.145. The van der Waals surface area contributed by atoms with Crippen LogP contribution in [0.25, 0.3) is 0 Å². The van der Waals surface area contributed by atoms with Gasteiger partial charge in [-0.05, 0) is 26.0 Å². The molecule has 0 aliphatic carbocycles. The number of hydrogen-bond donors (Lipinski definition) is 0. The molecule has 12 heavy (non-hydrogen) atoms. The summed E-state index contributed by atoms with van der Waals surface area (Å²) in [5, 5.41) is 0. The van der Waals surface area contributed by atoms with Gasteiger partial charge in [-0.3, -0.25) is 0 Å². The highest BCUT2D eigenvalue weighted by atomic mass is 16.6. The third-order valence-corrected chi connectivity index (χ3v) is 1.47. The molecule has 0 radical (unpaired) electrons. The summed E-state index contributed by atoms with van der Waals surface area (Å²) < 4.78 is 5.02. The monoisotopic (exact) mass is 166 g/mol. The zero-order valence-corrected chi connectivity index (χ0v) is 7.59. The topological polar surface area (TPSA) is 26.3 Å². The van der Waals surface area contributed by atoms with Crippen molar-refractivity contribution < 1.29 is 9.53 Å². The van der Waals surface area contributed by atoms with Gasteiger partial charge in [0, 0.05) is 5.57 Å². The van der Waals surface area contributed by atoms with Crippen molar-refractivity contribution in [3.63, 3.8) is 0 Å². The lowest BCUT2D eigenvalue weighted by Gasteiger charge is -2.21. The summed E-state index contributed by atoms with van der Waals surface area (Å²) in [7, 11) is 0. The summed E-state index contributed by atoms with van der Waals surface area (Å²) in [6.07, 6.45) is 3.03. The van der Waals surface area contributed by atoms with Crippen LogP contribution in [0, 0.1) is 0 Å². The fraction of sp³-hybridized carbons (Fsp3) is 0.300. The molecule has 0 spiro atoms. The third-order valence-electron chi connectivity index (χ3n) is 1.47. The van der Waals surface area contributed by atoms with E-state index in [0.717, 1.165) is 0 Å². The molecular weight excluding hydrogens is 152 g/mol. The average Bonchev–Trinajstić information content (AvgIpc) is 2.04. The maximum absolute atomic E-state index is 11.1. The zero-order chi connectivity index (χ0) is 9.78. The number of carbonyl (C=O) groups is 1. The van der Waals surface area contributed by atoms with Crippen molar-refractivity contribution in [1.29, 1.82) is 0 Å². The van der Waals surface area contributed by atoms with Crippen LogP contribution in [0.5, 0.6) is 0 Å². The molecule has 2 nitrogen and oxygen atoms in total. The second kappa shape index (κ2) is 3.90. The molecule has 0 amide bonds. The summed E-state index contributed by atoms with van der Waals surface area (Å²) in [4.78, 5) is 11.1. The van der Waals surface area contributed by atoms with Crippen molar-refractivity contribution >= 4 is 5.97 Å². The van der Waals surface area contributed by atoms with Gasteiger partial charge in [-0.15, -0.1) is 0 Å². The molecule has 0 atom stereocenters. The standard InChI is InChI=1S/C10H14O2/c1-6-10(5,7-2)12-9(11)8(3)4/h6-7H,1-3H2,4-5H3. The summed E-state index contributed by atoms with van der Waals surface area (Å²) in [6, 6.07) is 0. The van der Waals surface area contributed by atoms with E-state index in [1.54, 1.807) is 13.8 Å². The van der Waals surface area contributed by atoms with Crippen LogP contribution in [-0.2, 0) is 9.53 Å². The quantitative estimate of drug-likeness (QED) is 0.363. The Morgan fingerprint density at radius 1 is 1.42 bits per heavy atom. The number of esters is 1. The van der Waals surface area contributed by atoms with Gasteiger partial charge in [-0.2, -0.15) is 0 Å². The molecule has 0 rings (SSSR count). The van der Waals surface area contributed by atoms with Gasteiger partial charge in [-0.25, -0.2) is 4.79 Å². The maximum Gasteiger partial charge on any atom is 0.334 e. The Kier molecular flexibility index (Phi) is 3.48. The number of ether oxygens (including phenoxy) is 1. The minimum Gasteiger partial charge on any atom is -0.448 e. The second-order valence-electron chi connectivity index (χ2n) is 2.76. The van der Waals surface area contributed by atoms with E-state index in [1.165, 1.54) is 12.2 Å². The van der Waals surface area contributed by atoms with Crippen LogP contribution in [0.2, 0.25) is 0 Å². The van der Waals surface area contributed by atoms with Crippen LogP contribution in [0.4, 0.5) is 0 Å². The van der Waals surface area contributed by atoms with Gasteiger partial charge in [0.15, 0.2) is 0 Å². The van der Waals surface area contributed by atoms with E-state index in [4.69, 9.17) is 4.74 Å². The highest BCUT2D eigenvalue weighted by molar-refractivity contribution is 5.87. The third kappa shape index (κ3) is 2.74. The van der Waals surface area contributed by atoms with Crippen LogP contribution < -0.4 is 0 Å². The molecule has 0 aliphatic heterocycles. The van der Waals surface area contributed by atoms with Gasteiger partial charge in [0.1, 0.15) is 5.60 Å². The molecule has 0 aromatic carbocycles. The van der Waals surface area contributed by atoms with Crippen LogP contribution in [-0.4, -0.2) is 11.6 Å². The summed E-state index contributed by atoms with van der Waals surface area (Å²) >= 11 is 0. The molecule has 0 aromatic rings. The van der Waals surface area contributed by atoms with Crippen LogP contribution in [0.15, 0.2) is 37.5 Å². The normalized spacial score (nSPS) is 10.2. The highest BCUT2D eigenvalue weighted by Crippen LogP contribution is 2.14. The number of hydrogen-bond acceptors (Lipinski definition) is 2. The largest absolute Gasteiger partial charge is 0.448 e. The van der Waals surface area contributed by atoms with E-state index < -0.39 is 11.6 Å². The Hall–Kier alpha value is -1.31. The minimum absolute atomic E-state index is 0.366. The van der Waals surface area contributed by atoms with Gasteiger partial charge in [0.05, 0.1) is 0 Å². The zero-order valence-electron chi connectivity index (χ0n) is 7.59. The molecule has 0 saturated heterocycles. The second-order valence-corrected chi connectivity index (χ2v) is 2.76. The average molecular weight is 166 g/mol. The van der Waals surface area contributed by atoms with Gasteiger partial charge >= 0.3 is 5.97 Å². The first-order valence-electron chi connectivity index (χ1n) is 3.61. The van der Waals surface area contributed by atoms with E-state index >= 15 is 0 Å². The molecule has 0 aromatic heterocycles. The summed E-state index contributed by atoms with van der Waals surface area (Å²) in [5.74, 6) is -0.433. The Labute approximate surface area is 73.2 Å². The summed E-state index contributed by atoms with van der Waals surface area (Å²) in [6.45, 7) is 13.8. The van der Waals surface area contributed by atoms with Gasteiger partial charge < -0.3 is 4.74 Å². The lowest BCUT2D eigenvalue weighted by Crippen LogP contribution is -2.26. The van der Waals surface area contributed by atoms with Crippen molar-refractivity contribution in [1.82, 2.24) is 0 Å². The Balaban J connectivity index is 4.41. The fourth-order valence-corrected chi connectivity index (χ4v) is 0.454. The molecule has 0 fully saturated rings. The molecule has 0 N–H and O–H groups in total. The van der Waals surface area contributed by atoms with E-state index in [-0.39, 0.29) is 0 Å². The minimum atomic E-state index is -0.796. The number of carbonyl (C=O) groups excluding carboxylic acids is 1. The molecule has 0 saturated carbocycles. The van der Waals surface area contributed by atoms with Crippen molar-refractivity contribution in [3.8, 4) is 0 Å². The van der Waals surface area contributed by atoms with Crippen LogP contribution in [0.3, 0.4) is 0 Å². The Morgan fingerprint density at radius 3 is 2.08 bits per heavy atom. The molecule has 2 heteroatoms. The Morgan fingerprint density at radius 2 is 1.83 bits per heavy atom. The van der Waals surface area contributed by atoms with Crippen molar-refractivity contribution in [2.45, 2.75) is 19.4 Å². The van der Waals surface area contributed by atoms with Crippen molar-refractivity contribution in [2.75, 3.05) is 0 Å². The molecular formula is C10H14O2. The number of rotatable bonds is 4. The van der Waals surface area contributed by atoms with Crippen molar-refractivity contribution in [3.05, 3.63) is 37.5 Å². The first-order chi connectivity index (χ1) is 5.45. The van der Waals surface area contributed by atoms with E-state index in [2.05, 4.69) is 19.7 Å². The van der Waals surface area contributed by atoms with E-state index in [0.29, 0.717) is 5.57 Å². The van der Waals surface area contributed by atoms with Gasteiger partial charge in [0.2, 0.25) is 0 Å². The molecule has 0 unspecified atom stereocenters. The van der Waals surface area contributed by atoms with Gasteiger partial charge in [0.25, 0.3) is 0 Å². The smallest absolute Gasteiger partial charge is 0.334 e. The predicted octanol–water partition coefficient (Wildman–Crippen LogP) is 2.24. The van der Waals surface area contributed by atoms with Crippen LogP contribution >= 0.6 is 0 Å². The predicted molar refractivity (Wildman–Crippen MR) is 49.7 cm³/mol. The molecule has 0 heterocycles. The first-order valence-corrected chi connectivity index (χ1v) is 3.61. The molecule has 0 bridgehead atoms. The maximum atomic E-state index is 11.1. The molecule has 0 aliphatic rings. The lowest BCUT2D eigenvalue weighted by atomic mass is 10.1. The van der Waals surface area contributed by atoms with Crippen molar-refractivity contribution in [2.24, 2.45) is 0 Å². The highest BCUT2D eigenvalue weighted by Gasteiger charge is 2.20. The van der Waals surface area contributed by atoms with Gasteiger partial charge in [-0.1, -0.05) is 19.7 Å². The van der Waals surface area contributed by atoms with Crippen LogP contribution in [0.1, 0.15) is 13.8 Å². The fourth-order valence-electron chi connectivity index (χ4n) is 0.454.